The SMILES string of the molecule is COc1c(C(N)=O)cc(Cl)cc1C(F)(F)F. The lowest BCUT2D eigenvalue weighted by atomic mass is 10.1. The van der Waals surface area contributed by atoms with Crippen LogP contribution >= 0.6 is 11.6 Å². The third-order valence-electron chi connectivity index (χ3n) is 1.83. The maximum atomic E-state index is 12.6. The number of methoxy groups -OCH3 is 1. The van der Waals surface area contributed by atoms with Gasteiger partial charge in [0.2, 0.25) is 0 Å². The van der Waals surface area contributed by atoms with Gasteiger partial charge in [-0.25, -0.2) is 0 Å². The molecule has 3 nitrogen and oxygen atoms in total. The van der Waals surface area contributed by atoms with Crippen molar-refractivity contribution in [2.24, 2.45) is 5.73 Å². The van der Waals surface area contributed by atoms with Gasteiger partial charge in [0, 0.05) is 5.02 Å². The molecule has 1 amide bonds. The van der Waals surface area contributed by atoms with Crippen LogP contribution in [0.15, 0.2) is 12.1 Å². The summed E-state index contributed by atoms with van der Waals surface area (Å²) in [5, 5.41) is -0.234. The Balaban J connectivity index is 3.55. The zero-order chi connectivity index (χ0) is 12.5. The number of amides is 1. The highest BCUT2D eigenvalue weighted by atomic mass is 35.5. The fraction of sp³-hybridized carbons (Fsp3) is 0.222. The van der Waals surface area contributed by atoms with Crippen LogP contribution < -0.4 is 10.5 Å². The molecular formula is C9H7ClF3NO2. The number of nitrogens with two attached hydrogens (primary N) is 1. The molecule has 1 rings (SSSR count). The van der Waals surface area contributed by atoms with Crippen LogP contribution in [0.3, 0.4) is 0 Å². The summed E-state index contributed by atoms with van der Waals surface area (Å²) < 4.78 is 42.2. The quantitative estimate of drug-likeness (QED) is 0.880. The van der Waals surface area contributed by atoms with Crippen molar-refractivity contribution in [1.29, 1.82) is 0 Å². The van der Waals surface area contributed by atoms with Gasteiger partial charge in [-0.15, -0.1) is 0 Å². The maximum Gasteiger partial charge on any atom is 0.420 e. The first-order chi connectivity index (χ1) is 7.27. The molecular weight excluding hydrogens is 247 g/mol. The second-order valence-corrected chi connectivity index (χ2v) is 3.33. The van der Waals surface area contributed by atoms with E-state index in [2.05, 4.69) is 4.74 Å². The van der Waals surface area contributed by atoms with E-state index in [1.54, 1.807) is 0 Å². The van der Waals surface area contributed by atoms with E-state index in [4.69, 9.17) is 17.3 Å². The minimum absolute atomic E-state index is 0.234. The van der Waals surface area contributed by atoms with E-state index in [1.807, 2.05) is 0 Å². The number of hydrogen-bond donors (Lipinski definition) is 1. The molecule has 0 aliphatic carbocycles. The Kier molecular flexibility index (Phi) is 3.32. The predicted octanol–water partition coefficient (Wildman–Crippen LogP) is 2.47. The normalized spacial score (nSPS) is 11.3. The molecule has 0 unspecified atom stereocenters. The van der Waals surface area contributed by atoms with Gasteiger partial charge in [-0.05, 0) is 12.1 Å². The molecule has 0 heterocycles. The van der Waals surface area contributed by atoms with Crippen LogP contribution in [0.4, 0.5) is 13.2 Å². The van der Waals surface area contributed by atoms with Crippen LogP contribution in [-0.2, 0) is 6.18 Å². The van der Waals surface area contributed by atoms with Gasteiger partial charge in [0.05, 0.1) is 18.2 Å². The van der Waals surface area contributed by atoms with Crippen molar-refractivity contribution in [1.82, 2.24) is 0 Å². The first-order valence-electron chi connectivity index (χ1n) is 4.02. The number of rotatable bonds is 2. The highest BCUT2D eigenvalue weighted by molar-refractivity contribution is 6.31. The van der Waals surface area contributed by atoms with Crippen molar-refractivity contribution >= 4 is 17.5 Å². The Morgan fingerprint density at radius 2 is 2.00 bits per heavy atom. The summed E-state index contributed by atoms with van der Waals surface area (Å²) in [5.74, 6) is -1.66. The van der Waals surface area contributed by atoms with Crippen LogP contribution in [-0.4, -0.2) is 13.0 Å². The molecule has 0 aliphatic heterocycles. The molecule has 16 heavy (non-hydrogen) atoms. The average molecular weight is 254 g/mol. The lowest BCUT2D eigenvalue weighted by molar-refractivity contribution is -0.138. The highest BCUT2D eigenvalue weighted by Gasteiger charge is 2.36. The zero-order valence-electron chi connectivity index (χ0n) is 8.06. The molecule has 0 fully saturated rings. The summed E-state index contributed by atoms with van der Waals surface area (Å²) in [6, 6.07) is 1.70. The largest absolute Gasteiger partial charge is 0.495 e. The second-order valence-electron chi connectivity index (χ2n) is 2.90. The standard InChI is InChI=1S/C9H7ClF3NO2/c1-16-7-5(8(14)15)2-4(10)3-6(7)9(11,12)13/h2-3H,1H3,(H2,14,15). The van der Waals surface area contributed by atoms with E-state index in [0.717, 1.165) is 13.2 Å². The van der Waals surface area contributed by atoms with E-state index in [9.17, 15) is 18.0 Å². The summed E-state index contributed by atoms with van der Waals surface area (Å²) >= 11 is 5.47. The van der Waals surface area contributed by atoms with E-state index >= 15 is 0 Å². The van der Waals surface area contributed by atoms with Crippen molar-refractivity contribution in [2.75, 3.05) is 7.11 Å². The Bertz CT molecular complexity index is 431. The number of benzene rings is 1. The fourth-order valence-electron chi connectivity index (χ4n) is 1.21. The van der Waals surface area contributed by atoms with Crippen molar-refractivity contribution in [3.8, 4) is 5.75 Å². The molecule has 0 saturated heterocycles. The van der Waals surface area contributed by atoms with E-state index in [1.165, 1.54) is 0 Å². The molecule has 88 valence electrons. The smallest absolute Gasteiger partial charge is 0.420 e. The summed E-state index contributed by atoms with van der Waals surface area (Å²) in [7, 11) is 1.02. The minimum Gasteiger partial charge on any atom is -0.495 e. The lowest BCUT2D eigenvalue weighted by Crippen LogP contribution is -2.16. The minimum atomic E-state index is -4.67. The van der Waals surface area contributed by atoms with Gasteiger partial charge < -0.3 is 10.5 Å². The molecule has 0 spiro atoms. The Morgan fingerprint density at radius 1 is 1.44 bits per heavy atom. The summed E-state index contributed by atoms with van der Waals surface area (Å²) in [4.78, 5) is 10.9. The van der Waals surface area contributed by atoms with Gasteiger partial charge in [-0.1, -0.05) is 11.6 Å². The molecule has 0 saturated carbocycles. The van der Waals surface area contributed by atoms with E-state index < -0.39 is 29.0 Å². The van der Waals surface area contributed by atoms with Gasteiger partial charge >= 0.3 is 6.18 Å². The van der Waals surface area contributed by atoms with Crippen LogP contribution in [0, 0.1) is 0 Å². The fourth-order valence-corrected chi connectivity index (χ4v) is 1.43. The van der Waals surface area contributed by atoms with E-state index in [-0.39, 0.29) is 5.02 Å². The summed E-state index contributed by atoms with van der Waals surface area (Å²) in [6.45, 7) is 0. The van der Waals surface area contributed by atoms with Crippen LogP contribution in [0.25, 0.3) is 0 Å². The predicted molar refractivity (Wildman–Crippen MR) is 51.5 cm³/mol. The first-order valence-corrected chi connectivity index (χ1v) is 4.39. The Hall–Kier alpha value is -1.43. The van der Waals surface area contributed by atoms with Crippen molar-refractivity contribution in [3.05, 3.63) is 28.3 Å². The monoisotopic (exact) mass is 253 g/mol. The number of hydrogen-bond acceptors (Lipinski definition) is 2. The molecule has 1 aromatic carbocycles. The molecule has 0 atom stereocenters. The van der Waals surface area contributed by atoms with Gasteiger partial charge in [0.1, 0.15) is 5.75 Å². The lowest BCUT2D eigenvalue weighted by Gasteiger charge is -2.14. The Labute approximate surface area is 93.9 Å². The van der Waals surface area contributed by atoms with Crippen LogP contribution in [0.5, 0.6) is 5.75 Å². The molecule has 2 N–H and O–H groups in total. The van der Waals surface area contributed by atoms with Gasteiger partial charge in [0.15, 0.2) is 0 Å². The molecule has 0 bridgehead atoms. The zero-order valence-corrected chi connectivity index (χ0v) is 8.82. The number of alkyl halides is 3. The topological polar surface area (TPSA) is 52.3 Å². The number of halogens is 4. The van der Waals surface area contributed by atoms with Gasteiger partial charge in [-0.2, -0.15) is 13.2 Å². The number of carbonyl (C=O) groups is 1. The van der Waals surface area contributed by atoms with Gasteiger partial charge in [0.25, 0.3) is 5.91 Å². The summed E-state index contributed by atoms with van der Waals surface area (Å²) in [6.07, 6.45) is -4.67. The van der Waals surface area contributed by atoms with Crippen molar-refractivity contribution < 1.29 is 22.7 Å². The maximum absolute atomic E-state index is 12.6. The van der Waals surface area contributed by atoms with E-state index in [0.29, 0.717) is 6.07 Å². The third-order valence-corrected chi connectivity index (χ3v) is 2.05. The molecule has 0 aliphatic rings. The first kappa shape index (κ1) is 12.6. The average Bonchev–Trinajstić information content (AvgIpc) is 2.14. The highest BCUT2D eigenvalue weighted by Crippen LogP contribution is 2.39. The van der Waals surface area contributed by atoms with Crippen molar-refractivity contribution in [3.63, 3.8) is 0 Å². The number of ether oxygens (including phenoxy) is 1. The number of primary amides is 1. The molecule has 7 heteroatoms. The van der Waals surface area contributed by atoms with Crippen LogP contribution in [0.2, 0.25) is 5.02 Å². The molecule has 1 aromatic rings. The van der Waals surface area contributed by atoms with Gasteiger partial charge in [-0.3, -0.25) is 4.79 Å². The van der Waals surface area contributed by atoms with Crippen molar-refractivity contribution in [2.45, 2.75) is 6.18 Å². The second kappa shape index (κ2) is 4.21. The number of carbonyl (C=O) groups excluding carboxylic acids is 1. The molecule has 0 radical (unpaired) electrons. The molecule has 0 aromatic heterocycles. The third kappa shape index (κ3) is 2.38. The Morgan fingerprint density at radius 3 is 2.38 bits per heavy atom. The van der Waals surface area contributed by atoms with Crippen LogP contribution in [0.1, 0.15) is 15.9 Å². The summed E-state index contributed by atoms with van der Waals surface area (Å²) in [5.41, 5.74) is 3.40.